The summed E-state index contributed by atoms with van der Waals surface area (Å²) in [5.41, 5.74) is 1.26. The molecular weight excluding hydrogens is 266 g/mol. The van der Waals surface area contributed by atoms with Crippen LogP contribution in [-0.4, -0.2) is 30.8 Å². The summed E-state index contributed by atoms with van der Waals surface area (Å²) in [6.45, 7) is 6.65. The zero-order chi connectivity index (χ0) is 15.2. The fourth-order valence-electron chi connectivity index (χ4n) is 2.49. The van der Waals surface area contributed by atoms with Crippen molar-refractivity contribution in [3.8, 4) is 5.75 Å². The molecule has 1 fully saturated rings. The number of nitrogens with one attached hydrogen (secondary N) is 1. The van der Waals surface area contributed by atoms with Gasteiger partial charge in [-0.05, 0) is 50.8 Å². The molecule has 1 aliphatic heterocycles. The molecule has 4 nitrogen and oxygen atoms in total. The van der Waals surface area contributed by atoms with Crippen LogP contribution in [0.25, 0.3) is 0 Å². The lowest BCUT2D eigenvalue weighted by Crippen LogP contribution is -2.46. The first kappa shape index (κ1) is 15.8. The Morgan fingerprint density at radius 2 is 2.10 bits per heavy atom. The third-order valence-electron chi connectivity index (χ3n) is 3.91. The molecule has 1 heterocycles. The number of amides is 1. The van der Waals surface area contributed by atoms with E-state index in [0.29, 0.717) is 0 Å². The van der Waals surface area contributed by atoms with Gasteiger partial charge in [-0.2, -0.15) is 0 Å². The molecule has 0 bridgehead atoms. The largest absolute Gasteiger partial charge is 0.481 e. The lowest BCUT2D eigenvalue weighted by atomic mass is 10.1. The molecule has 1 N–H and O–H groups in total. The summed E-state index contributed by atoms with van der Waals surface area (Å²) in [6, 6.07) is 7.89. The molecule has 1 amide bonds. The van der Waals surface area contributed by atoms with Gasteiger partial charge in [0.1, 0.15) is 5.75 Å². The first-order valence-electron chi connectivity index (χ1n) is 7.77. The van der Waals surface area contributed by atoms with E-state index in [1.54, 1.807) is 6.92 Å². The highest BCUT2D eigenvalue weighted by Gasteiger charge is 2.25. The van der Waals surface area contributed by atoms with Crippen LogP contribution in [0, 0.1) is 0 Å². The summed E-state index contributed by atoms with van der Waals surface area (Å²) in [5, 5.41) is 2.98. The lowest BCUT2D eigenvalue weighted by molar-refractivity contribution is -0.128. The van der Waals surface area contributed by atoms with Gasteiger partial charge >= 0.3 is 0 Å². The van der Waals surface area contributed by atoms with Crippen molar-refractivity contribution in [2.45, 2.75) is 58.3 Å². The third-order valence-corrected chi connectivity index (χ3v) is 3.91. The number of carbonyl (C=O) groups excluding carboxylic acids is 1. The highest BCUT2D eigenvalue weighted by atomic mass is 16.5. The van der Waals surface area contributed by atoms with Crippen molar-refractivity contribution in [1.29, 1.82) is 0 Å². The lowest BCUT2D eigenvalue weighted by Gasteiger charge is -2.22. The van der Waals surface area contributed by atoms with E-state index in [-0.39, 0.29) is 18.1 Å². The molecule has 116 valence electrons. The van der Waals surface area contributed by atoms with Crippen LogP contribution in [0.5, 0.6) is 5.75 Å². The monoisotopic (exact) mass is 291 g/mol. The summed E-state index contributed by atoms with van der Waals surface area (Å²) >= 11 is 0. The molecule has 0 unspecified atom stereocenters. The first-order valence-corrected chi connectivity index (χ1v) is 7.77. The molecule has 1 aromatic rings. The molecule has 1 aromatic carbocycles. The highest BCUT2D eigenvalue weighted by Crippen LogP contribution is 2.17. The number of carbonyl (C=O) groups is 1. The molecule has 0 aromatic heterocycles. The van der Waals surface area contributed by atoms with E-state index < -0.39 is 6.10 Å². The maximum Gasteiger partial charge on any atom is 0.261 e. The molecule has 0 saturated carbocycles. The molecule has 0 radical (unpaired) electrons. The molecule has 2 rings (SSSR count). The van der Waals surface area contributed by atoms with Gasteiger partial charge in [0.2, 0.25) is 0 Å². The van der Waals surface area contributed by atoms with E-state index in [1.165, 1.54) is 5.56 Å². The summed E-state index contributed by atoms with van der Waals surface area (Å²) in [6.07, 6.45) is 2.69. The maximum absolute atomic E-state index is 12.1. The minimum atomic E-state index is -0.513. The molecule has 0 aliphatic carbocycles. The quantitative estimate of drug-likeness (QED) is 0.876. The Balaban J connectivity index is 1.83. The van der Waals surface area contributed by atoms with Gasteiger partial charge in [-0.1, -0.05) is 19.1 Å². The Kier molecular flexibility index (Phi) is 5.62. The first-order chi connectivity index (χ1) is 10.1. The van der Waals surface area contributed by atoms with Crippen molar-refractivity contribution in [2.75, 3.05) is 6.61 Å². The fourth-order valence-corrected chi connectivity index (χ4v) is 2.49. The van der Waals surface area contributed by atoms with Gasteiger partial charge < -0.3 is 14.8 Å². The van der Waals surface area contributed by atoms with Crippen molar-refractivity contribution < 1.29 is 14.3 Å². The van der Waals surface area contributed by atoms with E-state index in [9.17, 15) is 4.79 Å². The average Bonchev–Trinajstić information content (AvgIpc) is 3.02. The van der Waals surface area contributed by atoms with Crippen LogP contribution >= 0.6 is 0 Å². The second kappa shape index (κ2) is 7.46. The molecule has 4 heteroatoms. The van der Waals surface area contributed by atoms with Crippen molar-refractivity contribution in [1.82, 2.24) is 5.32 Å². The zero-order valence-electron chi connectivity index (χ0n) is 13.1. The Morgan fingerprint density at radius 3 is 2.67 bits per heavy atom. The van der Waals surface area contributed by atoms with Crippen molar-refractivity contribution in [3.63, 3.8) is 0 Å². The predicted octanol–water partition coefficient (Wildman–Crippen LogP) is 2.70. The minimum Gasteiger partial charge on any atom is -0.481 e. The molecular formula is C17H25NO3. The predicted molar refractivity (Wildman–Crippen MR) is 82.5 cm³/mol. The van der Waals surface area contributed by atoms with E-state index >= 15 is 0 Å². The second-order valence-corrected chi connectivity index (χ2v) is 5.61. The van der Waals surface area contributed by atoms with Crippen molar-refractivity contribution in [3.05, 3.63) is 29.8 Å². The standard InChI is InChI=1S/C17H25NO3/c1-4-14-7-9-15(10-8-14)21-13(3)17(19)18-12(2)16-6-5-11-20-16/h7-10,12-13,16H,4-6,11H2,1-3H3,(H,18,19)/t12-,13-,16-/m1/s1. The second-order valence-electron chi connectivity index (χ2n) is 5.61. The smallest absolute Gasteiger partial charge is 0.261 e. The Morgan fingerprint density at radius 1 is 1.38 bits per heavy atom. The van der Waals surface area contributed by atoms with Crippen LogP contribution in [-0.2, 0) is 16.0 Å². The van der Waals surface area contributed by atoms with Gasteiger partial charge in [0.25, 0.3) is 5.91 Å². The fraction of sp³-hybridized carbons (Fsp3) is 0.588. The van der Waals surface area contributed by atoms with Gasteiger partial charge in [0.15, 0.2) is 6.10 Å². The molecule has 21 heavy (non-hydrogen) atoms. The summed E-state index contributed by atoms with van der Waals surface area (Å²) in [5.74, 6) is 0.622. The molecule has 1 aliphatic rings. The average molecular weight is 291 g/mol. The molecule has 0 spiro atoms. The van der Waals surface area contributed by atoms with Crippen LogP contribution in [0.4, 0.5) is 0 Å². The highest BCUT2D eigenvalue weighted by molar-refractivity contribution is 5.81. The number of rotatable bonds is 6. The van der Waals surface area contributed by atoms with Gasteiger partial charge in [-0.3, -0.25) is 4.79 Å². The minimum absolute atomic E-state index is 0.0218. The zero-order valence-corrected chi connectivity index (χ0v) is 13.1. The van der Waals surface area contributed by atoms with E-state index in [1.807, 2.05) is 31.2 Å². The van der Waals surface area contributed by atoms with Gasteiger partial charge in [0, 0.05) is 6.61 Å². The summed E-state index contributed by atoms with van der Waals surface area (Å²) in [4.78, 5) is 12.1. The van der Waals surface area contributed by atoms with Gasteiger partial charge in [-0.15, -0.1) is 0 Å². The van der Waals surface area contributed by atoms with Crippen LogP contribution in [0.15, 0.2) is 24.3 Å². The third kappa shape index (κ3) is 4.46. The van der Waals surface area contributed by atoms with Gasteiger partial charge in [-0.25, -0.2) is 0 Å². The van der Waals surface area contributed by atoms with E-state index in [0.717, 1.165) is 31.6 Å². The maximum atomic E-state index is 12.1. The number of ether oxygens (including phenoxy) is 2. The van der Waals surface area contributed by atoms with Crippen LogP contribution in [0.1, 0.15) is 39.2 Å². The molecule has 3 atom stereocenters. The number of hydrogen-bond donors (Lipinski definition) is 1. The van der Waals surface area contributed by atoms with Crippen molar-refractivity contribution >= 4 is 5.91 Å². The summed E-state index contributed by atoms with van der Waals surface area (Å²) in [7, 11) is 0. The van der Waals surface area contributed by atoms with Gasteiger partial charge in [0.05, 0.1) is 12.1 Å². The number of aryl methyl sites for hydroxylation is 1. The van der Waals surface area contributed by atoms with Crippen molar-refractivity contribution in [2.24, 2.45) is 0 Å². The normalized spacial score (nSPS) is 20.8. The SMILES string of the molecule is CCc1ccc(O[C@H](C)C(=O)N[C@H](C)[C@H]2CCCO2)cc1. The van der Waals surface area contributed by atoms with E-state index in [2.05, 4.69) is 12.2 Å². The topological polar surface area (TPSA) is 47.6 Å². The van der Waals surface area contributed by atoms with Crippen LogP contribution in [0.3, 0.4) is 0 Å². The number of benzene rings is 1. The number of hydrogen-bond acceptors (Lipinski definition) is 3. The summed E-state index contributed by atoms with van der Waals surface area (Å²) < 4.78 is 11.3. The Labute approximate surface area is 126 Å². The van der Waals surface area contributed by atoms with E-state index in [4.69, 9.17) is 9.47 Å². The Bertz CT molecular complexity index is 452. The van der Waals surface area contributed by atoms with Crippen LogP contribution in [0.2, 0.25) is 0 Å². The van der Waals surface area contributed by atoms with Crippen LogP contribution < -0.4 is 10.1 Å². The molecule has 1 saturated heterocycles. The Hall–Kier alpha value is -1.55.